The highest BCUT2D eigenvalue weighted by molar-refractivity contribution is 8.26. The van der Waals surface area contributed by atoms with Gasteiger partial charge in [0, 0.05) is 19.9 Å². The van der Waals surface area contributed by atoms with Gasteiger partial charge in [-0.15, -0.1) is 0 Å². The highest BCUT2D eigenvalue weighted by atomic mass is 32.2. The number of rotatable bonds is 6. The summed E-state index contributed by atoms with van der Waals surface area (Å²) in [7, 11) is -1.60. The number of aromatic nitrogens is 2. The van der Waals surface area contributed by atoms with Crippen LogP contribution in [-0.4, -0.2) is 70.7 Å². The van der Waals surface area contributed by atoms with E-state index >= 15 is 0 Å². The summed E-state index contributed by atoms with van der Waals surface area (Å²) in [5.74, 6) is -0.118. The molecular weight excluding hydrogens is 460 g/mol. The molecule has 0 unspecified atom stereocenters. The maximum absolute atomic E-state index is 13.1. The van der Waals surface area contributed by atoms with Crippen molar-refractivity contribution in [2.24, 2.45) is 0 Å². The van der Waals surface area contributed by atoms with E-state index in [4.69, 9.17) is 17.0 Å². The molecular formula is C19H20N4O5S3. The normalized spacial score (nSPS) is 22.0. The van der Waals surface area contributed by atoms with Crippen LogP contribution in [0.25, 0.3) is 11.7 Å². The van der Waals surface area contributed by atoms with Crippen LogP contribution in [0.4, 0.5) is 5.82 Å². The molecule has 2 aliphatic rings. The van der Waals surface area contributed by atoms with Crippen molar-refractivity contribution >= 4 is 61.6 Å². The van der Waals surface area contributed by atoms with Crippen molar-refractivity contribution in [3.05, 3.63) is 45.2 Å². The molecule has 0 spiro atoms. The third kappa shape index (κ3) is 4.38. The van der Waals surface area contributed by atoms with Gasteiger partial charge in [-0.2, -0.15) is 0 Å². The molecule has 1 amide bonds. The van der Waals surface area contributed by atoms with Gasteiger partial charge in [-0.25, -0.2) is 13.4 Å². The minimum atomic E-state index is -3.17. The Hall–Kier alpha value is -2.28. The molecule has 0 radical (unpaired) electrons. The van der Waals surface area contributed by atoms with Crippen molar-refractivity contribution in [1.82, 2.24) is 14.3 Å². The minimum Gasteiger partial charge on any atom is -0.383 e. The van der Waals surface area contributed by atoms with E-state index in [0.29, 0.717) is 35.4 Å². The Morgan fingerprint density at radius 2 is 2.19 bits per heavy atom. The first-order chi connectivity index (χ1) is 14.8. The van der Waals surface area contributed by atoms with Gasteiger partial charge < -0.3 is 10.1 Å². The Morgan fingerprint density at radius 3 is 2.90 bits per heavy atom. The molecule has 0 bridgehead atoms. The van der Waals surface area contributed by atoms with Crippen LogP contribution < -0.4 is 10.9 Å². The summed E-state index contributed by atoms with van der Waals surface area (Å²) >= 11 is 6.41. The quantitative estimate of drug-likeness (QED) is 0.370. The van der Waals surface area contributed by atoms with Crippen LogP contribution >= 0.6 is 24.0 Å². The van der Waals surface area contributed by atoms with Gasteiger partial charge in [0.05, 0.1) is 34.6 Å². The first-order valence-electron chi connectivity index (χ1n) is 9.52. The molecule has 1 N–H and O–H groups in total. The number of amides is 1. The monoisotopic (exact) mass is 480 g/mol. The molecule has 1 atom stereocenters. The maximum atomic E-state index is 13.1. The predicted octanol–water partition coefficient (Wildman–Crippen LogP) is 1.14. The number of pyridine rings is 1. The van der Waals surface area contributed by atoms with Gasteiger partial charge in [-0.1, -0.05) is 30.0 Å². The highest BCUT2D eigenvalue weighted by Gasteiger charge is 2.42. The number of hydrogen-bond acceptors (Lipinski definition) is 9. The summed E-state index contributed by atoms with van der Waals surface area (Å²) in [6, 6.07) is 4.74. The lowest BCUT2D eigenvalue weighted by Crippen LogP contribution is -2.39. The van der Waals surface area contributed by atoms with Gasteiger partial charge in [-0.05, 0) is 24.6 Å². The number of hydrogen-bond donors (Lipinski definition) is 1. The van der Waals surface area contributed by atoms with Gasteiger partial charge in [-0.3, -0.25) is 18.9 Å². The fourth-order valence-electron chi connectivity index (χ4n) is 3.54. The number of nitrogens with one attached hydrogen (secondary N) is 1. The molecule has 2 aliphatic heterocycles. The Balaban J connectivity index is 1.73. The van der Waals surface area contributed by atoms with Crippen LogP contribution in [0.1, 0.15) is 12.0 Å². The molecule has 0 aliphatic carbocycles. The van der Waals surface area contributed by atoms with E-state index in [1.807, 2.05) is 0 Å². The van der Waals surface area contributed by atoms with E-state index < -0.39 is 21.8 Å². The average molecular weight is 481 g/mol. The van der Waals surface area contributed by atoms with E-state index in [1.54, 1.807) is 31.5 Å². The molecule has 4 heterocycles. The van der Waals surface area contributed by atoms with E-state index in [-0.39, 0.29) is 27.5 Å². The fourth-order valence-corrected chi connectivity index (χ4v) is 6.63. The molecule has 0 saturated carbocycles. The van der Waals surface area contributed by atoms with Crippen molar-refractivity contribution < 1.29 is 17.9 Å². The highest BCUT2D eigenvalue weighted by Crippen LogP contribution is 2.36. The first-order valence-corrected chi connectivity index (χ1v) is 12.6. The number of methoxy groups -OCH3 is 1. The topological polar surface area (TPSA) is 110 Å². The van der Waals surface area contributed by atoms with Crippen LogP contribution in [0, 0.1) is 0 Å². The summed E-state index contributed by atoms with van der Waals surface area (Å²) in [5, 5.41) is 3.08. The summed E-state index contributed by atoms with van der Waals surface area (Å²) in [6.45, 7) is 0.835. The zero-order chi connectivity index (χ0) is 22.2. The number of thioether (sulfide) groups is 1. The SMILES string of the molecule is COCCNc1nc2ccccn2c(=O)c1/C=C1\SC(=S)N([C@H]2CCS(=O)(=O)C2)C1=O. The molecule has 4 rings (SSSR count). The lowest BCUT2D eigenvalue weighted by Gasteiger charge is -2.20. The van der Waals surface area contributed by atoms with Crippen molar-refractivity contribution in [3.63, 3.8) is 0 Å². The second-order valence-corrected chi connectivity index (χ2v) is 11.0. The lowest BCUT2D eigenvalue weighted by molar-refractivity contribution is -0.123. The summed E-state index contributed by atoms with van der Waals surface area (Å²) in [6.07, 6.45) is 3.44. The molecule has 31 heavy (non-hydrogen) atoms. The Labute approximate surface area is 188 Å². The predicted molar refractivity (Wildman–Crippen MR) is 124 cm³/mol. The number of nitrogens with zero attached hydrogens (tertiary/aromatic N) is 3. The minimum absolute atomic E-state index is 0.0390. The summed E-state index contributed by atoms with van der Waals surface area (Å²) < 4.78 is 30.4. The maximum Gasteiger partial charge on any atom is 0.267 e. The van der Waals surface area contributed by atoms with Crippen LogP contribution in [0.3, 0.4) is 0 Å². The third-order valence-corrected chi connectivity index (χ3v) is 8.12. The smallest absolute Gasteiger partial charge is 0.267 e. The number of sulfone groups is 1. The number of carbonyl (C=O) groups is 1. The second kappa shape index (κ2) is 8.69. The van der Waals surface area contributed by atoms with E-state index in [2.05, 4.69) is 10.3 Å². The molecule has 12 heteroatoms. The van der Waals surface area contributed by atoms with Crippen molar-refractivity contribution in [2.45, 2.75) is 12.5 Å². The molecule has 2 aromatic rings. The lowest BCUT2D eigenvalue weighted by atomic mass is 10.2. The number of fused-ring (bicyclic) bond motifs is 1. The van der Waals surface area contributed by atoms with Gasteiger partial charge in [0.2, 0.25) is 0 Å². The summed E-state index contributed by atoms with van der Waals surface area (Å²) in [4.78, 5) is 32.3. The molecule has 9 nitrogen and oxygen atoms in total. The van der Waals surface area contributed by atoms with Gasteiger partial charge >= 0.3 is 0 Å². The zero-order valence-electron chi connectivity index (χ0n) is 16.6. The van der Waals surface area contributed by atoms with Gasteiger partial charge in [0.15, 0.2) is 9.84 Å². The summed E-state index contributed by atoms with van der Waals surface area (Å²) in [5.41, 5.74) is 0.354. The van der Waals surface area contributed by atoms with E-state index in [9.17, 15) is 18.0 Å². The third-order valence-electron chi connectivity index (χ3n) is 5.04. The Morgan fingerprint density at radius 1 is 1.39 bits per heavy atom. The standard InChI is InChI=1S/C19H20N4O5S3/c1-28-8-6-20-16-13(17(24)22-7-3-2-4-15(22)21-16)10-14-18(25)23(19(29)30-14)12-5-9-31(26,27)11-12/h2-4,7,10,12,20H,5-6,8-9,11H2,1H3/b14-10-/t12-/m0/s1. The second-order valence-electron chi connectivity index (χ2n) is 7.14. The number of anilines is 1. The molecule has 0 aromatic carbocycles. The zero-order valence-corrected chi connectivity index (χ0v) is 19.1. The largest absolute Gasteiger partial charge is 0.383 e. The molecule has 164 valence electrons. The van der Waals surface area contributed by atoms with Gasteiger partial charge in [0.25, 0.3) is 11.5 Å². The average Bonchev–Trinajstić information content (AvgIpc) is 3.22. The van der Waals surface area contributed by atoms with Crippen LogP contribution in [0.15, 0.2) is 34.1 Å². The number of thiocarbonyl (C=S) groups is 1. The molecule has 2 fully saturated rings. The Kier molecular flexibility index (Phi) is 6.15. The Bertz CT molecular complexity index is 1250. The van der Waals surface area contributed by atoms with Gasteiger partial charge in [0.1, 0.15) is 15.8 Å². The molecule has 2 saturated heterocycles. The fraction of sp³-hybridized carbons (Fsp3) is 0.368. The number of ether oxygens (including phenoxy) is 1. The van der Waals surface area contributed by atoms with Crippen LogP contribution in [0.2, 0.25) is 0 Å². The van der Waals surface area contributed by atoms with E-state index in [1.165, 1.54) is 15.4 Å². The van der Waals surface area contributed by atoms with Crippen molar-refractivity contribution in [3.8, 4) is 0 Å². The van der Waals surface area contributed by atoms with Crippen LogP contribution in [0.5, 0.6) is 0 Å². The van der Waals surface area contributed by atoms with Crippen LogP contribution in [-0.2, 0) is 19.4 Å². The van der Waals surface area contributed by atoms with E-state index in [0.717, 1.165) is 11.8 Å². The van der Waals surface area contributed by atoms with Crippen molar-refractivity contribution in [1.29, 1.82) is 0 Å². The molecule has 2 aromatic heterocycles. The van der Waals surface area contributed by atoms with Crippen molar-refractivity contribution in [2.75, 3.05) is 37.1 Å². The number of carbonyl (C=O) groups excluding carboxylic acids is 1. The first kappa shape index (κ1) is 21.9.